The van der Waals surface area contributed by atoms with Crippen LogP contribution >= 0.6 is 0 Å². The molecule has 3 atom stereocenters. The van der Waals surface area contributed by atoms with E-state index in [4.69, 9.17) is 9.15 Å². The molecule has 0 aliphatic carbocycles. The zero-order valence-corrected chi connectivity index (χ0v) is 13.9. The van der Waals surface area contributed by atoms with E-state index >= 15 is 0 Å². The SMILES string of the molecule is CN(Cc1ccco1)[C@@H]1CN(C(=O)c2ccc[nH]2)[C@@H]2CCCO[C@H]12. The first kappa shape index (κ1) is 15.5. The first-order valence-corrected chi connectivity index (χ1v) is 8.52. The molecule has 2 aliphatic heterocycles. The molecule has 2 saturated heterocycles. The average Bonchev–Trinajstić information content (AvgIpc) is 3.34. The lowest BCUT2D eigenvalue weighted by Gasteiger charge is -2.34. The van der Waals surface area contributed by atoms with Gasteiger partial charge in [0, 0.05) is 19.3 Å². The number of furan rings is 1. The summed E-state index contributed by atoms with van der Waals surface area (Å²) in [5, 5.41) is 0. The molecular weight excluding hydrogens is 306 g/mol. The van der Waals surface area contributed by atoms with Crippen LogP contribution in [0.15, 0.2) is 41.1 Å². The fraction of sp³-hybridized carbons (Fsp3) is 0.500. The number of ether oxygens (including phenoxy) is 1. The highest BCUT2D eigenvalue weighted by atomic mass is 16.5. The van der Waals surface area contributed by atoms with Gasteiger partial charge in [-0.1, -0.05) is 0 Å². The number of hydrogen-bond donors (Lipinski definition) is 1. The van der Waals surface area contributed by atoms with Gasteiger partial charge in [0.15, 0.2) is 0 Å². The number of aromatic amines is 1. The van der Waals surface area contributed by atoms with Crippen LogP contribution in [-0.2, 0) is 11.3 Å². The molecule has 6 nitrogen and oxygen atoms in total. The van der Waals surface area contributed by atoms with Gasteiger partial charge in [0.05, 0.1) is 31.0 Å². The van der Waals surface area contributed by atoms with Crippen LogP contribution in [0, 0.1) is 0 Å². The van der Waals surface area contributed by atoms with Crippen molar-refractivity contribution in [3.05, 3.63) is 48.2 Å². The Hall–Kier alpha value is -2.05. The minimum Gasteiger partial charge on any atom is -0.468 e. The van der Waals surface area contributed by atoms with Gasteiger partial charge >= 0.3 is 0 Å². The van der Waals surface area contributed by atoms with Crippen molar-refractivity contribution < 1.29 is 13.9 Å². The largest absolute Gasteiger partial charge is 0.468 e. The predicted octanol–water partition coefficient (Wildman–Crippen LogP) is 2.11. The van der Waals surface area contributed by atoms with E-state index in [0.717, 1.165) is 31.8 Å². The highest BCUT2D eigenvalue weighted by Crippen LogP contribution is 2.32. The molecule has 6 heteroatoms. The van der Waals surface area contributed by atoms with Crippen LogP contribution in [0.3, 0.4) is 0 Å². The number of aromatic nitrogens is 1. The van der Waals surface area contributed by atoms with Gasteiger partial charge in [0.1, 0.15) is 11.5 Å². The molecule has 4 heterocycles. The molecule has 0 unspecified atom stereocenters. The zero-order valence-electron chi connectivity index (χ0n) is 13.9. The molecule has 0 saturated carbocycles. The van der Waals surface area contributed by atoms with E-state index in [1.807, 2.05) is 29.2 Å². The van der Waals surface area contributed by atoms with Gasteiger partial charge in [-0.25, -0.2) is 0 Å². The lowest BCUT2D eigenvalue weighted by atomic mass is 10.00. The number of carbonyl (C=O) groups is 1. The highest BCUT2D eigenvalue weighted by molar-refractivity contribution is 5.93. The van der Waals surface area contributed by atoms with Crippen LogP contribution in [0.5, 0.6) is 0 Å². The minimum atomic E-state index is 0.0643. The maximum Gasteiger partial charge on any atom is 0.270 e. The molecule has 2 aromatic rings. The van der Waals surface area contributed by atoms with Gasteiger partial charge in [0.25, 0.3) is 5.91 Å². The number of amides is 1. The first-order valence-electron chi connectivity index (χ1n) is 8.52. The van der Waals surface area contributed by atoms with E-state index in [2.05, 4.69) is 16.9 Å². The van der Waals surface area contributed by atoms with Crippen molar-refractivity contribution in [1.29, 1.82) is 0 Å². The van der Waals surface area contributed by atoms with E-state index in [1.54, 1.807) is 12.5 Å². The number of nitrogens with zero attached hydrogens (tertiary/aromatic N) is 2. The molecule has 0 aromatic carbocycles. The summed E-state index contributed by atoms with van der Waals surface area (Å²) < 4.78 is 11.5. The number of H-pyrrole nitrogens is 1. The molecule has 4 rings (SSSR count). The summed E-state index contributed by atoms with van der Waals surface area (Å²) >= 11 is 0. The maximum atomic E-state index is 12.9. The molecule has 2 aliphatic rings. The number of hydrogen-bond acceptors (Lipinski definition) is 4. The Balaban J connectivity index is 1.53. The summed E-state index contributed by atoms with van der Waals surface area (Å²) in [6.07, 6.45) is 5.56. The van der Waals surface area contributed by atoms with Crippen molar-refractivity contribution in [3.63, 3.8) is 0 Å². The van der Waals surface area contributed by atoms with Gasteiger partial charge in [-0.2, -0.15) is 0 Å². The lowest BCUT2D eigenvalue weighted by Crippen LogP contribution is -2.46. The number of likely N-dealkylation sites (tertiary alicyclic amines) is 1. The number of fused-ring (bicyclic) bond motifs is 1. The monoisotopic (exact) mass is 329 g/mol. The third-order valence-corrected chi connectivity index (χ3v) is 5.14. The van der Waals surface area contributed by atoms with Crippen molar-refractivity contribution >= 4 is 5.91 Å². The normalized spacial score (nSPS) is 26.8. The van der Waals surface area contributed by atoms with Gasteiger partial charge in [-0.3, -0.25) is 9.69 Å². The van der Waals surface area contributed by atoms with Crippen LogP contribution < -0.4 is 0 Å². The molecule has 1 N–H and O–H groups in total. The molecular formula is C18H23N3O3. The standard InChI is InChI=1S/C18H23N3O3/c1-20(11-13-5-3-9-23-13)16-12-21(15-7-4-10-24-17(15)16)18(22)14-6-2-8-19-14/h2-3,5-6,8-9,15-17,19H,4,7,10-12H2,1H3/t15-,16-,17+/m1/s1. The second kappa shape index (κ2) is 6.45. The van der Waals surface area contributed by atoms with Crippen molar-refractivity contribution in [3.8, 4) is 0 Å². The summed E-state index contributed by atoms with van der Waals surface area (Å²) in [5.41, 5.74) is 0.647. The Bertz CT molecular complexity index is 668. The summed E-state index contributed by atoms with van der Waals surface area (Å²) in [5.74, 6) is 0.994. The fourth-order valence-electron chi connectivity index (χ4n) is 3.94. The third kappa shape index (κ3) is 2.76. The first-order chi connectivity index (χ1) is 11.7. The van der Waals surface area contributed by atoms with Crippen LogP contribution in [0.2, 0.25) is 0 Å². The quantitative estimate of drug-likeness (QED) is 0.933. The topological polar surface area (TPSA) is 61.7 Å². The summed E-state index contributed by atoms with van der Waals surface area (Å²) in [6, 6.07) is 7.91. The number of carbonyl (C=O) groups excluding carboxylic acids is 1. The zero-order chi connectivity index (χ0) is 16.5. The molecule has 128 valence electrons. The lowest BCUT2D eigenvalue weighted by molar-refractivity contribution is -0.0364. The van der Waals surface area contributed by atoms with Crippen molar-refractivity contribution in [2.75, 3.05) is 20.2 Å². The van der Waals surface area contributed by atoms with Crippen LogP contribution in [0.25, 0.3) is 0 Å². The van der Waals surface area contributed by atoms with E-state index in [-0.39, 0.29) is 24.1 Å². The van der Waals surface area contributed by atoms with Crippen LogP contribution in [0.4, 0.5) is 0 Å². The van der Waals surface area contributed by atoms with E-state index in [9.17, 15) is 4.79 Å². The Kier molecular flexibility index (Phi) is 4.16. The Morgan fingerprint density at radius 1 is 1.42 bits per heavy atom. The predicted molar refractivity (Wildman–Crippen MR) is 88.6 cm³/mol. The Labute approximate surface area is 141 Å². The molecule has 24 heavy (non-hydrogen) atoms. The Morgan fingerprint density at radius 2 is 2.33 bits per heavy atom. The van der Waals surface area contributed by atoms with Crippen molar-refractivity contribution in [2.24, 2.45) is 0 Å². The molecule has 0 radical (unpaired) electrons. The summed E-state index contributed by atoms with van der Waals surface area (Å²) in [4.78, 5) is 20.1. The Morgan fingerprint density at radius 3 is 3.08 bits per heavy atom. The molecule has 1 amide bonds. The van der Waals surface area contributed by atoms with E-state index < -0.39 is 0 Å². The second-order valence-corrected chi connectivity index (χ2v) is 6.65. The molecule has 2 fully saturated rings. The van der Waals surface area contributed by atoms with Gasteiger partial charge in [0.2, 0.25) is 0 Å². The maximum absolute atomic E-state index is 12.9. The molecule has 2 aromatic heterocycles. The van der Waals surface area contributed by atoms with Gasteiger partial charge in [-0.05, 0) is 44.2 Å². The number of nitrogens with one attached hydrogen (secondary N) is 1. The van der Waals surface area contributed by atoms with Crippen LogP contribution in [0.1, 0.15) is 29.1 Å². The molecule has 0 bridgehead atoms. The smallest absolute Gasteiger partial charge is 0.270 e. The summed E-state index contributed by atoms with van der Waals surface area (Å²) in [6.45, 7) is 2.18. The van der Waals surface area contributed by atoms with Gasteiger partial charge < -0.3 is 19.0 Å². The number of likely N-dealkylation sites (N-methyl/N-ethyl adjacent to an activating group) is 1. The third-order valence-electron chi connectivity index (χ3n) is 5.14. The van der Waals surface area contributed by atoms with Crippen molar-refractivity contribution in [1.82, 2.24) is 14.8 Å². The molecule has 0 spiro atoms. The van der Waals surface area contributed by atoms with Crippen LogP contribution in [-0.4, -0.2) is 59.1 Å². The van der Waals surface area contributed by atoms with Gasteiger partial charge in [-0.15, -0.1) is 0 Å². The van der Waals surface area contributed by atoms with E-state index in [0.29, 0.717) is 12.2 Å². The fourth-order valence-corrected chi connectivity index (χ4v) is 3.94. The van der Waals surface area contributed by atoms with E-state index in [1.165, 1.54) is 0 Å². The minimum absolute atomic E-state index is 0.0643. The second-order valence-electron chi connectivity index (χ2n) is 6.65. The highest BCUT2D eigenvalue weighted by Gasteiger charge is 2.47. The average molecular weight is 329 g/mol. The number of rotatable bonds is 4. The summed E-state index contributed by atoms with van der Waals surface area (Å²) in [7, 11) is 2.07. The van der Waals surface area contributed by atoms with Crippen molar-refractivity contribution in [2.45, 2.75) is 37.6 Å².